The van der Waals surface area contributed by atoms with Crippen LogP contribution < -0.4 is 26.7 Å². The molecule has 5 heteroatoms. The molecule has 0 atom stereocenters. The number of unbranched alkanes of at least 4 members (excludes halogenated alkanes) is 5. The van der Waals surface area contributed by atoms with E-state index in [1.54, 1.807) is 0 Å². The van der Waals surface area contributed by atoms with Crippen LogP contribution in [0.2, 0.25) is 0 Å². The van der Waals surface area contributed by atoms with E-state index in [0.29, 0.717) is 13.1 Å². The third kappa shape index (κ3) is 11.6. The van der Waals surface area contributed by atoms with Gasteiger partial charge < -0.3 is 4.90 Å². The molecule has 0 saturated heterocycles. The summed E-state index contributed by atoms with van der Waals surface area (Å²) in [6, 6.07) is 9.35. The topological polar surface area (TPSA) is 47.2 Å². The molecule has 1 aromatic heterocycles. The van der Waals surface area contributed by atoms with Gasteiger partial charge in [-0.25, -0.2) is 4.79 Å². The van der Waals surface area contributed by atoms with E-state index in [1.807, 2.05) is 46.1 Å². The van der Waals surface area contributed by atoms with Crippen LogP contribution in [0.15, 0.2) is 92.7 Å². The lowest BCUT2D eigenvalue weighted by Gasteiger charge is -2.32. The second kappa shape index (κ2) is 25.5. The maximum Gasteiger partial charge on any atom is 0.331 e. The van der Waals surface area contributed by atoms with Crippen LogP contribution in [-0.4, -0.2) is 15.7 Å². The van der Waals surface area contributed by atoms with Gasteiger partial charge in [-0.05, 0) is 159 Å². The highest BCUT2D eigenvalue weighted by molar-refractivity contribution is 5.84. The number of aryl methyl sites for hydroxylation is 3. The van der Waals surface area contributed by atoms with E-state index in [-0.39, 0.29) is 22.1 Å². The molecule has 70 heavy (non-hydrogen) atoms. The monoisotopic (exact) mass is 948 g/mol. The summed E-state index contributed by atoms with van der Waals surface area (Å²) in [7, 11) is 0. The van der Waals surface area contributed by atoms with Gasteiger partial charge in [-0.15, -0.1) is 0 Å². The zero-order valence-corrected chi connectivity index (χ0v) is 46.8. The highest BCUT2D eigenvalue weighted by Gasteiger charge is 2.42. The van der Waals surface area contributed by atoms with Crippen molar-refractivity contribution in [1.29, 1.82) is 0 Å². The van der Waals surface area contributed by atoms with Crippen LogP contribution in [0.3, 0.4) is 0 Å². The highest BCUT2D eigenvalue weighted by atomic mass is 16.2. The number of hydrogen-bond acceptors (Lipinski definition) is 3. The maximum absolute atomic E-state index is 14.8. The molecule has 8 rings (SSSR count). The van der Waals surface area contributed by atoms with Gasteiger partial charge in [0.15, 0.2) is 0 Å². The van der Waals surface area contributed by atoms with Crippen molar-refractivity contribution in [2.24, 2.45) is 0 Å². The molecule has 3 aromatic rings. The second-order valence-corrected chi connectivity index (χ2v) is 20.6. The van der Waals surface area contributed by atoms with E-state index >= 15 is 0 Å². The molecule has 5 aliphatic rings. The Balaban J connectivity index is 0.000000840. The Morgan fingerprint density at radius 2 is 1.24 bits per heavy atom. The summed E-state index contributed by atoms with van der Waals surface area (Å²) in [5.74, 6) is 0. The predicted octanol–water partition coefficient (Wildman–Crippen LogP) is 15.5. The number of fused-ring (bicyclic) bond motifs is 4. The second-order valence-electron chi connectivity index (χ2n) is 20.6. The Hall–Kier alpha value is -4.90. The summed E-state index contributed by atoms with van der Waals surface area (Å²) in [6.07, 6.45) is 35.7. The number of aromatic nitrogens is 2. The van der Waals surface area contributed by atoms with E-state index in [4.69, 9.17) is 0 Å². The molecule has 2 aromatic carbocycles. The molecule has 2 fully saturated rings. The predicted molar refractivity (Wildman–Crippen MR) is 307 cm³/mol. The van der Waals surface area contributed by atoms with E-state index in [1.165, 1.54) is 116 Å². The van der Waals surface area contributed by atoms with Crippen LogP contribution in [0.4, 0.5) is 5.69 Å². The zero-order chi connectivity index (χ0) is 51.3. The van der Waals surface area contributed by atoms with Crippen molar-refractivity contribution in [1.82, 2.24) is 9.13 Å². The molecule has 380 valence electrons. The Labute approximate surface area is 425 Å². The summed E-state index contributed by atoms with van der Waals surface area (Å²) in [5, 5.41) is 1.58. The Morgan fingerprint density at radius 1 is 0.686 bits per heavy atom. The lowest BCUT2D eigenvalue weighted by atomic mass is 9.72. The number of nitrogens with zero attached hydrogens (tertiary/aromatic N) is 3. The molecule has 0 N–H and O–H groups in total. The molecule has 1 aliphatic heterocycles. The van der Waals surface area contributed by atoms with Crippen molar-refractivity contribution >= 4 is 29.0 Å². The van der Waals surface area contributed by atoms with Crippen LogP contribution in [0.25, 0.3) is 23.3 Å². The summed E-state index contributed by atoms with van der Waals surface area (Å²) in [5.41, 5.74) is 17.6. The fourth-order valence-corrected chi connectivity index (χ4v) is 11.3. The summed E-state index contributed by atoms with van der Waals surface area (Å²) in [4.78, 5) is 31.3. The molecule has 0 radical (unpaired) electrons. The third-order valence-corrected chi connectivity index (χ3v) is 15.4. The summed E-state index contributed by atoms with van der Waals surface area (Å²) in [6.45, 7) is 34.6. The highest BCUT2D eigenvalue weighted by Crippen LogP contribution is 2.51. The Morgan fingerprint density at radius 3 is 1.83 bits per heavy atom. The van der Waals surface area contributed by atoms with Gasteiger partial charge in [0.1, 0.15) is 0 Å². The first-order valence-electron chi connectivity index (χ1n) is 28.1. The molecule has 2 saturated carbocycles. The molecule has 2 heterocycles. The average Bonchev–Trinajstić information content (AvgIpc) is 4.10. The van der Waals surface area contributed by atoms with Gasteiger partial charge in [0.2, 0.25) is 0 Å². The van der Waals surface area contributed by atoms with Crippen LogP contribution in [0, 0.1) is 6.92 Å². The largest absolute Gasteiger partial charge is 0.344 e. The SMILES string of the molecule is CC.CC.CCCCCC.CCCCCN1/C(=C/C=C2\CCC(=C/C=C(/C)C(C)(C)c3c(C)ccc4c3C=CCC4)\C2=c2/c(=O)n(CC)c(=O)n(CC)c2=C2CC2)C(C)(C)c2c1ccc1c2C=CCC1. The quantitative estimate of drug-likeness (QED) is 0.160. The minimum atomic E-state index is -0.200. The molecule has 4 aliphatic carbocycles. The average molecular weight is 948 g/mol. The number of anilines is 1. The molecule has 0 spiro atoms. The first kappa shape index (κ1) is 56.0. The van der Waals surface area contributed by atoms with Crippen molar-refractivity contribution < 1.29 is 0 Å². The van der Waals surface area contributed by atoms with Gasteiger partial charge in [-0.1, -0.05) is 181 Å². The fraction of sp³-hybridized carbons (Fsp3) is 0.538. The van der Waals surface area contributed by atoms with Gasteiger partial charge in [0, 0.05) is 41.8 Å². The van der Waals surface area contributed by atoms with E-state index < -0.39 is 0 Å². The first-order valence-corrected chi connectivity index (χ1v) is 28.1. The third-order valence-electron chi connectivity index (χ3n) is 15.4. The lowest BCUT2D eigenvalue weighted by molar-refractivity contribution is 0.567. The van der Waals surface area contributed by atoms with Crippen molar-refractivity contribution in [2.75, 3.05) is 11.4 Å². The molecule has 0 bridgehead atoms. The van der Waals surface area contributed by atoms with Crippen molar-refractivity contribution in [3.05, 3.63) is 153 Å². The van der Waals surface area contributed by atoms with Crippen LogP contribution >= 0.6 is 0 Å². The van der Waals surface area contributed by atoms with Crippen molar-refractivity contribution in [2.45, 2.75) is 224 Å². The summed E-state index contributed by atoms with van der Waals surface area (Å²) >= 11 is 0. The minimum absolute atomic E-state index is 0.157. The van der Waals surface area contributed by atoms with Gasteiger partial charge in [-0.3, -0.25) is 13.9 Å². The van der Waals surface area contributed by atoms with Gasteiger partial charge in [-0.2, -0.15) is 0 Å². The van der Waals surface area contributed by atoms with Crippen LogP contribution in [0.1, 0.15) is 219 Å². The molecule has 0 amide bonds. The first-order chi connectivity index (χ1) is 33.8. The number of rotatable bonds is 13. The molecule has 5 nitrogen and oxygen atoms in total. The van der Waals surface area contributed by atoms with Gasteiger partial charge >= 0.3 is 5.69 Å². The smallest absolute Gasteiger partial charge is 0.331 e. The lowest BCUT2D eigenvalue weighted by Crippen LogP contribution is -2.59. The van der Waals surface area contributed by atoms with Gasteiger partial charge in [0.05, 0.1) is 10.6 Å². The zero-order valence-electron chi connectivity index (χ0n) is 46.8. The number of allylic oxidation sites excluding steroid dienone is 10. The Bertz CT molecular complexity index is 2760. The van der Waals surface area contributed by atoms with E-state index in [0.717, 1.165) is 80.5 Å². The van der Waals surface area contributed by atoms with E-state index in [2.05, 4.69) is 140 Å². The van der Waals surface area contributed by atoms with Crippen molar-refractivity contribution in [3.63, 3.8) is 0 Å². The standard InChI is InChI=1S/C55H67N3O2.C6H14.2C2H6/c1-10-13-18-35-58-45-33-31-39-20-15-17-22-44(39)50(45)55(8,9)46(58)34-32-41-28-27-40(47(41)48-51(42-29-30-42)56(11-2)53(60)57(12-3)52(48)59)26-24-37(5)54(6,7)49-36(4)23-25-38-19-14-16-21-43(38)49;1-3-5-6-4-2;2*1-2/h16-17,21-26,31-34H,10-15,18-20,27-30,35H2,1-9H3;3-6H2,1-2H3;2*1-2H3/b37-24-,40-26+,41-32+,46-34+,48-47+;;;. The summed E-state index contributed by atoms with van der Waals surface area (Å²) < 4.78 is 3.34. The van der Waals surface area contributed by atoms with Crippen LogP contribution in [-0.2, 0) is 36.8 Å². The number of benzene rings is 2. The molecular weight excluding hydrogens is 855 g/mol. The molecule has 0 unspecified atom stereocenters. The van der Waals surface area contributed by atoms with Crippen LogP contribution in [0.5, 0.6) is 0 Å². The normalized spacial score (nSPS) is 19.0. The minimum Gasteiger partial charge on any atom is -0.344 e. The van der Waals surface area contributed by atoms with Gasteiger partial charge in [0.25, 0.3) is 5.56 Å². The Kier molecular flexibility index (Phi) is 20.4. The fourth-order valence-electron chi connectivity index (χ4n) is 11.3. The van der Waals surface area contributed by atoms with Crippen molar-refractivity contribution in [3.8, 4) is 0 Å². The molecular formula is C65H93N3O2. The van der Waals surface area contributed by atoms with E-state index in [9.17, 15) is 9.59 Å². The maximum atomic E-state index is 14.8. The number of hydrogen-bond donors (Lipinski definition) is 0.